The summed E-state index contributed by atoms with van der Waals surface area (Å²) >= 11 is 16.2. The van der Waals surface area contributed by atoms with Crippen molar-refractivity contribution in [2.24, 2.45) is 0 Å². The fourth-order valence-electron chi connectivity index (χ4n) is 2.49. The first-order chi connectivity index (χ1) is 9.54. The van der Waals surface area contributed by atoms with Crippen LogP contribution in [-0.2, 0) is 6.42 Å². The Morgan fingerprint density at radius 3 is 2.85 bits per heavy atom. The molecule has 0 bridgehead atoms. The summed E-state index contributed by atoms with van der Waals surface area (Å²) < 4.78 is 6.68. The molecule has 0 radical (unpaired) electrons. The molecule has 2 aromatic rings. The predicted molar refractivity (Wildman–Crippen MR) is 87.1 cm³/mol. The van der Waals surface area contributed by atoms with Crippen LogP contribution in [0.4, 0.5) is 0 Å². The highest BCUT2D eigenvalue weighted by molar-refractivity contribution is 9.10. The van der Waals surface area contributed by atoms with Crippen LogP contribution >= 0.6 is 39.1 Å². The molecule has 1 nitrogen and oxygen atoms in total. The number of fused-ring (bicyclic) bond motifs is 1. The van der Waals surface area contributed by atoms with Gasteiger partial charge in [0.15, 0.2) is 0 Å². The third-order valence-corrected chi connectivity index (χ3v) is 4.89. The maximum atomic E-state index is 6.62. The van der Waals surface area contributed by atoms with Crippen LogP contribution in [0.3, 0.4) is 0 Å². The van der Waals surface area contributed by atoms with Crippen molar-refractivity contribution < 1.29 is 4.74 Å². The Bertz CT molecular complexity index is 657. The minimum absolute atomic E-state index is 0.232. The van der Waals surface area contributed by atoms with E-state index < -0.39 is 0 Å². The molecule has 0 saturated carbocycles. The summed E-state index contributed by atoms with van der Waals surface area (Å²) in [6, 6.07) is 11.8. The zero-order valence-electron chi connectivity index (χ0n) is 10.9. The van der Waals surface area contributed by atoms with Crippen molar-refractivity contribution >= 4 is 39.1 Å². The second-order valence-electron chi connectivity index (χ2n) is 5.03. The van der Waals surface area contributed by atoms with E-state index in [2.05, 4.69) is 28.9 Å². The highest BCUT2D eigenvalue weighted by atomic mass is 79.9. The van der Waals surface area contributed by atoms with E-state index >= 15 is 0 Å². The molecule has 0 saturated heterocycles. The molecule has 3 rings (SSSR count). The highest BCUT2D eigenvalue weighted by Gasteiger charge is 2.22. The predicted octanol–water partition coefficient (Wildman–Crippen LogP) is 5.75. The molecule has 2 aromatic carbocycles. The van der Waals surface area contributed by atoms with Crippen LogP contribution in [0, 0.1) is 0 Å². The summed E-state index contributed by atoms with van der Waals surface area (Å²) in [6.45, 7) is 2.07. The number of hydrogen-bond acceptors (Lipinski definition) is 1. The van der Waals surface area contributed by atoms with Crippen molar-refractivity contribution in [3.8, 4) is 5.75 Å². The molecule has 0 spiro atoms. The van der Waals surface area contributed by atoms with E-state index in [-0.39, 0.29) is 11.5 Å². The summed E-state index contributed by atoms with van der Waals surface area (Å²) in [6.07, 6.45) is 1.18. The van der Waals surface area contributed by atoms with Gasteiger partial charge in [-0.1, -0.05) is 39.7 Å². The summed E-state index contributed by atoms with van der Waals surface area (Å²) in [5.41, 5.74) is 3.26. The average Bonchev–Trinajstić information content (AvgIpc) is 2.79. The molecule has 4 heteroatoms. The van der Waals surface area contributed by atoms with Crippen LogP contribution in [0.15, 0.2) is 40.9 Å². The van der Waals surface area contributed by atoms with Crippen molar-refractivity contribution in [1.29, 1.82) is 0 Å². The molecule has 0 amide bonds. The minimum atomic E-state index is -0.232. The third kappa shape index (κ3) is 2.69. The first kappa shape index (κ1) is 14.2. The van der Waals surface area contributed by atoms with E-state index in [0.29, 0.717) is 5.02 Å². The molecular formula is C16H13BrCl2O. The van der Waals surface area contributed by atoms with Gasteiger partial charge in [0.05, 0.1) is 5.38 Å². The van der Waals surface area contributed by atoms with E-state index in [1.54, 1.807) is 0 Å². The van der Waals surface area contributed by atoms with E-state index in [1.165, 1.54) is 5.56 Å². The number of ether oxygens (including phenoxy) is 1. The molecule has 20 heavy (non-hydrogen) atoms. The Morgan fingerprint density at radius 2 is 2.05 bits per heavy atom. The lowest BCUT2D eigenvalue weighted by Crippen LogP contribution is -2.05. The SMILES string of the molecule is CC1Cc2cc(C(Cl)c3cc(Cl)ccc3Br)ccc2O1. The molecule has 0 aromatic heterocycles. The first-order valence-corrected chi connectivity index (χ1v) is 8.04. The van der Waals surface area contributed by atoms with Crippen molar-refractivity contribution in [3.63, 3.8) is 0 Å². The van der Waals surface area contributed by atoms with Crippen LogP contribution in [0.2, 0.25) is 5.02 Å². The number of hydrogen-bond donors (Lipinski definition) is 0. The van der Waals surface area contributed by atoms with E-state index in [9.17, 15) is 0 Å². The Balaban J connectivity index is 1.97. The zero-order valence-corrected chi connectivity index (χ0v) is 14.0. The van der Waals surface area contributed by atoms with Gasteiger partial charge in [-0.25, -0.2) is 0 Å². The smallest absolute Gasteiger partial charge is 0.123 e. The maximum Gasteiger partial charge on any atom is 0.123 e. The lowest BCUT2D eigenvalue weighted by atomic mass is 10.0. The fraction of sp³-hybridized carbons (Fsp3) is 0.250. The van der Waals surface area contributed by atoms with E-state index in [4.69, 9.17) is 27.9 Å². The lowest BCUT2D eigenvalue weighted by Gasteiger charge is -2.14. The van der Waals surface area contributed by atoms with Crippen LogP contribution in [0.1, 0.15) is 29.0 Å². The summed E-state index contributed by atoms with van der Waals surface area (Å²) in [4.78, 5) is 0. The van der Waals surface area contributed by atoms with Gasteiger partial charge in [0, 0.05) is 15.9 Å². The van der Waals surface area contributed by atoms with Gasteiger partial charge in [0.2, 0.25) is 0 Å². The zero-order chi connectivity index (χ0) is 14.3. The van der Waals surface area contributed by atoms with Crippen molar-refractivity contribution in [1.82, 2.24) is 0 Å². The summed E-state index contributed by atoms with van der Waals surface area (Å²) in [5.74, 6) is 0.968. The summed E-state index contributed by atoms with van der Waals surface area (Å²) in [7, 11) is 0. The van der Waals surface area contributed by atoms with Gasteiger partial charge in [-0.3, -0.25) is 0 Å². The average molecular weight is 372 g/mol. The van der Waals surface area contributed by atoms with E-state index in [0.717, 1.165) is 27.8 Å². The van der Waals surface area contributed by atoms with E-state index in [1.807, 2.05) is 30.3 Å². The van der Waals surface area contributed by atoms with Crippen LogP contribution in [-0.4, -0.2) is 6.10 Å². The molecule has 1 aliphatic rings. The Kier molecular flexibility index (Phi) is 3.98. The van der Waals surface area contributed by atoms with Gasteiger partial charge in [-0.15, -0.1) is 11.6 Å². The molecule has 0 aliphatic carbocycles. The number of benzene rings is 2. The molecule has 0 fully saturated rings. The largest absolute Gasteiger partial charge is 0.490 e. The lowest BCUT2D eigenvalue weighted by molar-refractivity contribution is 0.254. The van der Waals surface area contributed by atoms with Crippen LogP contribution < -0.4 is 4.74 Å². The minimum Gasteiger partial charge on any atom is -0.490 e. The second-order valence-corrected chi connectivity index (χ2v) is 6.76. The van der Waals surface area contributed by atoms with Gasteiger partial charge >= 0.3 is 0 Å². The van der Waals surface area contributed by atoms with Crippen LogP contribution in [0.5, 0.6) is 5.75 Å². The standard InChI is InChI=1S/C16H13BrCl2O/c1-9-6-11-7-10(2-5-15(11)20-9)16(19)13-8-12(18)3-4-14(13)17/h2-5,7-9,16H,6H2,1H3. The molecule has 2 atom stereocenters. The maximum absolute atomic E-state index is 6.62. The number of alkyl halides is 1. The van der Waals surface area contributed by atoms with Gasteiger partial charge in [0.25, 0.3) is 0 Å². The highest BCUT2D eigenvalue weighted by Crippen LogP contribution is 2.38. The van der Waals surface area contributed by atoms with Crippen molar-refractivity contribution in [3.05, 3.63) is 62.6 Å². The molecule has 1 aliphatic heterocycles. The second kappa shape index (κ2) is 5.59. The molecule has 104 valence electrons. The van der Waals surface area contributed by atoms with Crippen LogP contribution in [0.25, 0.3) is 0 Å². The monoisotopic (exact) mass is 370 g/mol. The van der Waals surface area contributed by atoms with Gasteiger partial charge in [-0.05, 0) is 47.9 Å². The number of halogens is 3. The molecular weight excluding hydrogens is 359 g/mol. The van der Waals surface area contributed by atoms with Gasteiger partial charge in [-0.2, -0.15) is 0 Å². The van der Waals surface area contributed by atoms with Crippen molar-refractivity contribution in [2.45, 2.75) is 24.8 Å². The Hall–Kier alpha value is -0.700. The van der Waals surface area contributed by atoms with Gasteiger partial charge < -0.3 is 4.74 Å². The first-order valence-electron chi connectivity index (χ1n) is 6.43. The normalized spacial score (nSPS) is 18.5. The number of rotatable bonds is 2. The quantitative estimate of drug-likeness (QED) is 0.610. The van der Waals surface area contributed by atoms with Gasteiger partial charge in [0.1, 0.15) is 11.9 Å². The summed E-state index contributed by atoms with van der Waals surface area (Å²) in [5, 5.41) is 0.455. The molecule has 2 unspecified atom stereocenters. The fourth-order valence-corrected chi connectivity index (χ4v) is 3.59. The topological polar surface area (TPSA) is 9.23 Å². The molecule has 0 N–H and O–H groups in total. The van der Waals surface area contributed by atoms with Crippen molar-refractivity contribution in [2.75, 3.05) is 0 Å². The Morgan fingerprint density at radius 1 is 1.25 bits per heavy atom. The molecule has 1 heterocycles. The third-order valence-electron chi connectivity index (χ3n) is 3.44. The Labute approximate surface area is 137 Å².